The van der Waals surface area contributed by atoms with Gasteiger partial charge in [-0.2, -0.15) is 0 Å². The minimum absolute atomic E-state index is 0.0107. The average molecular weight is 419 g/mol. The molecule has 3 rings (SSSR count). The van der Waals surface area contributed by atoms with Gasteiger partial charge in [-0.1, -0.05) is 17.8 Å². The molecule has 9 heteroatoms. The van der Waals surface area contributed by atoms with Crippen LogP contribution in [0.25, 0.3) is 6.08 Å². The van der Waals surface area contributed by atoms with Crippen molar-refractivity contribution in [3.05, 3.63) is 40.9 Å². The third kappa shape index (κ3) is 5.77. The number of hydrogen-bond donors (Lipinski definition) is 0. The molecule has 1 aromatic rings. The smallest absolute Gasteiger partial charge is 0.333 e. The van der Waals surface area contributed by atoms with Gasteiger partial charge in [-0.3, -0.25) is 4.79 Å². The van der Waals surface area contributed by atoms with Crippen LogP contribution in [0, 0.1) is 0 Å². The van der Waals surface area contributed by atoms with Crippen molar-refractivity contribution in [1.29, 1.82) is 0 Å². The van der Waals surface area contributed by atoms with Gasteiger partial charge in [0.05, 0.1) is 30.0 Å². The Labute approximate surface area is 172 Å². The highest BCUT2D eigenvalue weighted by Crippen LogP contribution is 2.31. The molecule has 0 aromatic heterocycles. The van der Waals surface area contributed by atoms with Crippen molar-refractivity contribution in [2.75, 3.05) is 38.7 Å². The number of fused-ring (bicyclic) bond motifs is 1. The van der Waals surface area contributed by atoms with E-state index >= 15 is 0 Å². The molecule has 2 aliphatic heterocycles. The fraction of sp³-hybridized carbons (Fsp3) is 0.350. The lowest BCUT2D eigenvalue weighted by Crippen LogP contribution is -2.29. The fourth-order valence-electron chi connectivity index (χ4n) is 2.67. The number of amides is 1. The largest absolute Gasteiger partial charge is 0.486 e. The van der Waals surface area contributed by atoms with Crippen molar-refractivity contribution in [2.45, 2.75) is 6.92 Å². The standard InChI is InChI=1S/C20H21NO7S/c1-2-25-20(24)12-18-21(17(22)13-29-18)7-8-28-19(23)6-4-14-3-5-15-16(11-14)27-10-9-26-15/h3-6,11-12H,2,7-10,13H2,1H3/b6-4+,18-12-. The van der Waals surface area contributed by atoms with Crippen LogP contribution in [-0.2, 0) is 23.9 Å². The molecule has 1 saturated heterocycles. The molecular weight excluding hydrogens is 398 g/mol. The molecule has 0 bridgehead atoms. The van der Waals surface area contributed by atoms with Gasteiger partial charge < -0.3 is 23.8 Å². The molecule has 29 heavy (non-hydrogen) atoms. The summed E-state index contributed by atoms with van der Waals surface area (Å²) in [5.41, 5.74) is 0.775. The first-order valence-corrected chi connectivity index (χ1v) is 10.1. The number of nitrogens with zero attached hydrogens (tertiary/aromatic N) is 1. The Balaban J connectivity index is 1.49. The van der Waals surface area contributed by atoms with E-state index in [9.17, 15) is 14.4 Å². The number of rotatable bonds is 7. The zero-order valence-electron chi connectivity index (χ0n) is 15.9. The lowest BCUT2D eigenvalue weighted by atomic mass is 10.2. The van der Waals surface area contributed by atoms with E-state index in [2.05, 4.69) is 0 Å². The zero-order chi connectivity index (χ0) is 20.6. The van der Waals surface area contributed by atoms with Crippen molar-refractivity contribution in [3.63, 3.8) is 0 Å². The van der Waals surface area contributed by atoms with Gasteiger partial charge in [-0.25, -0.2) is 9.59 Å². The molecule has 1 fully saturated rings. The summed E-state index contributed by atoms with van der Waals surface area (Å²) in [6.45, 7) is 3.15. The molecule has 0 radical (unpaired) electrons. The molecule has 0 unspecified atom stereocenters. The summed E-state index contributed by atoms with van der Waals surface area (Å²) in [5.74, 6) is 0.370. The van der Waals surface area contributed by atoms with Gasteiger partial charge in [0, 0.05) is 6.08 Å². The Kier molecular flexibility index (Phi) is 7.18. The van der Waals surface area contributed by atoms with Crippen LogP contribution < -0.4 is 9.47 Å². The summed E-state index contributed by atoms with van der Waals surface area (Å²) >= 11 is 1.25. The van der Waals surface area contributed by atoms with Gasteiger partial charge in [-0.15, -0.1) is 0 Å². The number of benzene rings is 1. The van der Waals surface area contributed by atoms with Crippen LogP contribution >= 0.6 is 11.8 Å². The number of carbonyl (C=O) groups is 3. The van der Waals surface area contributed by atoms with Gasteiger partial charge in [0.1, 0.15) is 19.8 Å². The van der Waals surface area contributed by atoms with E-state index in [1.54, 1.807) is 25.1 Å². The molecule has 1 amide bonds. The molecule has 2 aliphatic rings. The second-order valence-electron chi connectivity index (χ2n) is 5.97. The monoisotopic (exact) mass is 419 g/mol. The topological polar surface area (TPSA) is 91.4 Å². The van der Waals surface area contributed by atoms with Crippen LogP contribution in [0.3, 0.4) is 0 Å². The summed E-state index contributed by atoms with van der Waals surface area (Å²) in [6, 6.07) is 5.38. The minimum Gasteiger partial charge on any atom is -0.486 e. The Morgan fingerprint density at radius 2 is 1.97 bits per heavy atom. The van der Waals surface area contributed by atoms with E-state index in [4.69, 9.17) is 18.9 Å². The van der Waals surface area contributed by atoms with E-state index in [1.165, 1.54) is 28.8 Å². The number of thioether (sulfide) groups is 1. The van der Waals surface area contributed by atoms with Crippen LogP contribution in [0.4, 0.5) is 0 Å². The first-order chi connectivity index (χ1) is 14.1. The fourth-order valence-corrected chi connectivity index (χ4v) is 3.62. The highest BCUT2D eigenvalue weighted by molar-refractivity contribution is 8.04. The number of hydrogen-bond acceptors (Lipinski definition) is 8. The molecule has 1 aromatic carbocycles. The molecule has 0 saturated carbocycles. The zero-order valence-corrected chi connectivity index (χ0v) is 16.7. The molecule has 0 N–H and O–H groups in total. The Hall–Kier alpha value is -2.94. The maximum Gasteiger partial charge on any atom is 0.333 e. The van der Waals surface area contributed by atoms with Crippen molar-refractivity contribution in [2.24, 2.45) is 0 Å². The van der Waals surface area contributed by atoms with E-state index in [0.717, 1.165) is 5.56 Å². The normalized spacial score (nSPS) is 17.1. The Bertz CT molecular complexity index is 849. The van der Waals surface area contributed by atoms with Crippen LogP contribution in [0.15, 0.2) is 35.4 Å². The lowest BCUT2D eigenvalue weighted by molar-refractivity contribution is -0.140. The summed E-state index contributed by atoms with van der Waals surface area (Å²) in [5, 5.41) is 0.497. The molecule has 0 spiro atoms. The first kappa shape index (κ1) is 20.8. The molecule has 0 aliphatic carbocycles. The van der Waals surface area contributed by atoms with E-state index < -0.39 is 11.9 Å². The van der Waals surface area contributed by atoms with Gasteiger partial charge in [0.2, 0.25) is 5.91 Å². The van der Waals surface area contributed by atoms with E-state index in [-0.39, 0.29) is 31.4 Å². The maximum absolute atomic E-state index is 12.0. The highest BCUT2D eigenvalue weighted by atomic mass is 32.2. The second kappa shape index (κ2) is 10.0. The van der Waals surface area contributed by atoms with Crippen molar-refractivity contribution >= 4 is 35.7 Å². The van der Waals surface area contributed by atoms with E-state index in [1.807, 2.05) is 6.07 Å². The van der Waals surface area contributed by atoms with Crippen molar-refractivity contribution < 1.29 is 33.3 Å². The van der Waals surface area contributed by atoms with Gasteiger partial charge in [0.25, 0.3) is 0 Å². The molecule has 2 heterocycles. The molecular formula is C20H21NO7S. The summed E-state index contributed by atoms with van der Waals surface area (Å²) in [4.78, 5) is 36.9. The third-order valence-electron chi connectivity index (χ3n) is 3.98. The highest BCUT2D eigenvalue weighted by Gasteiger charge is 2.27. The minimum atomic E-state index is -0.532. The van der Waals surface area contributed by atoms with Crippen molar-refractivity contribution in [1.82, 2.24) is 4.90 Å². The Morgan fingerprint density at radius 1 is 1.17 bits per heavy atom. The average Bonchev–Trinajstić information content (AvgIpc) is 3.06. The lowest BCUT2D eigenvalue weighted by Gasteiger charge is -2.18. The van der Waals surface area contributed by atoms with Crippen LogP contribution in [0.2, 0.25) is 0 Å². The van der Waals surface area contributed by atoms with Crippen LogP contribution in [-0.4, -0.2) is 61.5 Å². The predicted octanol–water partition coefficient (Wildman–Crippen LogP) is 1.99. The number of esters is 2. The van der Waals surface area contributed by atoms with Crippen molar-refractivity contribution in [3.8, 4) is 11.5 Å². The molecule has 0 atom stereocenters. The Morgan fingerprint density at radius 3 is 2.76 bits per heavy atom. The van der Waals surface area contributed by atoms with Gasteiger partial charge in [0.15, 0.2) is 11.5 Å². The summed E-state index contributed by atoms with van der Waals surface area (Å²) in [7, 11) is 0. The van der Waals surface area contributed by atoms with Crippen LogP contribution in [0.1, 0.15) is 12.5 Å². The molecule has 154 valence electrons. The van der Waals surface area contributed by atoms with Gasteiger partial charge >= 0.3 is 11.9 Å². The predicted molar refractivity (Wildman–Crippen MR) is 106 cm³/mol. The number of ether oxygens (including phenoxy) is 4. The summed E-state index contributed by atoms with van der Waals surface area (Å²) in [6.07, 6.45) is 4.20. The van der Waals surface area contributed by atoms with E-state index in [0.29, 0.717) is 29.7 Å². The molecule has 8 nitrogen and oxygen atoms in total. The summed E-state index contributed by atoms with van der Waals surface area (Å²) < 4.78 is 21.0. The SMILES string of the molecule is CCOC(=O)/C=C1\SCC(=O)N1CCOC(=O)/C=C/c1ccc2c(c1)OCCO2. The maximum atomic E-state index is 12.0. The van der Waals surface area contributed by atoms with Crippen LogP contribution in [0.5, 0.6) is 11.5 Å². The quantitative estimate of drug-likeness (QED) is 0.490. The number of carbonyl (C=O) groups excluding carboxylic acids is 3. The first-order valence-electron chi connectivity index (χ1n) is 9.13. The second-order valence-corrected chi connectivity index (χ2v) is 6.97. The van der Waals surface area contributed by atoms with Gasteiger partial charge in [-0.05, 0) is 30.7 Å². The third-order valence-corrected chi connectivity index (χ3v) is 5.00.